The van der Waals surface area contributed by atoms with Crippen LogP contribution in [0.5, 0.6) is 0 Å². The molecule has 1 aromatic carbocycles. The monoisotopic (exact) mass is 264 g/mol. The molecule has 0 spiro atoms. The molecular weight excluding hydrogens is 252 g/mol. The second-order valence-corrected chi connectivity index (χ2v) is 4.46. The van der Waals surface area contributed by atoms with E-state index in [4.69, 9.17) is 5.11 Å². The fourth-order valence-corrected chi connectivity index (χ4v) is 1.85. The molecule has 1 aliphatic carbocycles. The number of nitro groups is 1. The molecule has 1 saturated carbocycles. The number of carboxylic acids is 1. The molecule has 0 bridgehead atoms. The molecule has 7 nitrogen and oxygen atoms in total. The van der Waals surface area contributed by atoms with Gasteiger partial charge in [-0.25, -0.2) is 0 Å². The third kappa shape index (κ3) is 2.40. The molecule has 19 heavy (non-hydrogen) atoms. The molecule has 0 unspecified atom stereocenters. The molecule has 0 atom stereocenters. The van der Waals surface area contributed by atoms with Crippen LogP contribution in [0.1, 0.15) is 18.4 Å². The van der Waals surface area contributed by atoms with Crippen LogP contribution in [0, 0.1) is 15.5 Å². The normalized spacial score (nSPS) is 15.6. The van der Waals surface area contributed by atoms with Gasteiger partial charge in [-0.2, -0.15) is 0 Å². The maximum atomic E-state index is 11.8. The highest BCUT2D eigenvalue weighted by Gasteiger charge is 2.56. The Kier molecular flexibility index (Phi) is 3.20. The van der Waals surface area contributed by atoms with Gasteiger partial charge >= 0.3 is 5.97 Å². The number of rotatable bonds is 5. The Morgan fingerprint density at radius 2 is 2.00 bits per heavy atom. The Morgan fingerprint density at radius 3 is 2.53 bits per heavy atom. The number of nitro benzene ring substituents is 1. The molecule has 7 heteroatoms. The molecule has 1 aliphatic rings. The lowest BCUT2D eigenvalue weighted by atomic mass is 10.1. The van der Waals surface area contributed by atoms with Gasteiger partial charge in [0, 0.05) is 18.2 Å². The number of aliphatic carboxylic acids is 1. The van der Waals surface area contributed by atoms with E-state index in [0.29, 0.717) is 18.4 Å². The summed E-state index contributed by atoms with van der Waals surface area (Å²) < 4.78 is 0. The zero-order chi connectivity index (χ0) is 14.0. The number of carbonyl (C=O) groups excluding carboxylic acids is 1. The van der Waals surface area contributed by atoms with Crippen LogP contribution < -0.4 is 5.32 Å². The molecule has 100 valence electrons. The lowest BCUT2D eigenvalue weighted by Crippen LogP contribution is -2.36. The number of hydrogen-bond acceptors (Lipinski definition) is 4. The van der Waals surface area contributed by atoms with Crippen molar-refractivity contribution in [3.8, 4) is 0 Å². The summed E-state index contributed by atoms with van der Waals surface area (Å²) in [7, 11) is 0. The van der Waals surface area contributed by atoms with Crippen molar-refractivity contribution in [1.29, 1.82) is 0 Å². The van der Waals surface area contributed by atoms with Gasteiger partial charge in [-0.1, -0.05) is 18.2 Å². The lowest BCUT2D eigenvalue weighted by molar-refractivity contribution is -0.385. The Bertz CT molecular complexity index is 551. The average molecular weight is 264 g/mol. The average Bonchev–Trinajstić information content (AvgIpc) is 3.17. The van der Waals surface area contributed by atoms with Crippen molar-refractivity contribution in [1.82, 2.24) is 5.32 Å². The number of hydrogen-bond donors (Lipinski definition) is 2. The van der Waals surface area contributed by atoms with E-state index < -0.39 is 22.2 Å². The van der Waals surface area contributed by atoms with E-state index in [1.54, 1.807) is 6.07 Å². The molecule has 1 fully saturated rings. The van der Waals surface area contributed by atoms with Gasteiger partial charge in [0.2, 0.25) is 5.91 Å². The summed E-state index contributed by atoms with van der Waals surface area (Å²) in [5, 5.41) is 22.2. The van der Waals surface area contributed by atoms with Crippen molar-refractivity contribution in [3.05, 3.63) is 39.9 Å². The third-order valence-corrected chi connectivity index (χ3v) is 3.22. The molecule has 0 heterocycles. The second kappa shape index (κ2) is 4.68. The summed E-state index contributed by atoms with van der Waals surface area (Å²) in [5.41, 5.74) is -1.08. The highest BCUT2D eigenvalue weighted by atomic mass is 16.6. The summed E-state index contributed by atoms with van der Waals surface area (Å²) in [5.74, 6) is -1.73. The molecular formula is C12H12N2O5. The summed E-state index contributed by atoms with van der Waals surface area (Å²) in [6, 6.07) is 6.02. The Labute approximate surface area is 108 Å². The summed E-state index contributed by atoms with van der Waals surface area (Å²) in [6.07, 6.45) is 0.621. The number of amides is 1. The fourth-order valence-electron chi connectivity index (χ4n) is 1.85. The van der Waals surface area contributed by atoms with E-state index in [0.717, 1.165) is 0 Å². The SMILES string of the molecule is O=C(O)C1(C(=O)NCc2ccccc2[N+](=O)[O-])CC1. The van der Waals surface area contributed by atoms with E-state index in [-0.39, 0.29) is 12.2 Å². The number of carbonyl (C=O) groups is 2. The molecule has 1 amide bonds. The van der Waals surface area contributed by atoms with Gasteiger partial charge in [0.1, 0.15) is 5.41 Å². The number of nitrogens with one attached hydrogen (secondary N) is 1. The first kappa shape index (κ1) is 13.0. The van der Waals surface area contributed by atoms with Crippen molar-refractivity contribution in [2.75, 3.05) is 0 Å². The first-order valence-corrected chi connectivity index (χ1v) is 5.71. The Morgan fingerprint density at radius 1 is 1.37 bits per heavy atom. The van der Waals surface area contributed by atoms with Crippen molar-refractivity contribution in [3.63, 3.8) is 0 Å². The number of carboxylic acid groups (broad SMARTS) is 1. The molecule has 0 aromatic heterocycles. The number of benzene rings is 1. The predicted octanol–water partition coefficient (Wildman–Crippen LogP) is 1.08. The van der Waals surface area contributed by atoms with Gasteiger partial charge in [0.15, 0.2) is 0 Å². The van der Waals surface area contributed by atoms with Gasteiger partial charge in [-0.15, -0.1) is 0 Å². The van der Waals surface area contributed by atoms with Crippen LogP contribution in [0.2, 0.25) is 0 Å². The minimum Gasteiger partial charge on any atom is -0.480 e. The van der Waals surface area contributed by atoms with Crippen LogP contribution >= 0.6 is 0 Å². The van der Waals surface area contributed by atoms with Gasteiger partial charge < -0.3 is 10.4 Å². The van der Waals surface area contributed by atoms with Gasteiger partial charge in [-0.3, -0.25) is 19.7 Å². The molecule has 1 aromatic rings. The summed E-state index contributed by atoms with van der Waals surface area (Å²) in [4.78, 5) is 33.0. The Hall–Kier alpha value is -2.44. The van der Waals surface area contributed by atoms with E-state index >= 15 is 0 Å². The van der Waals surface area contributed by atoms with Crippen molar-refractivity contribution < 1.29 is 19.6 Å². The Balaban J connectivity index is 2.06. The van der Waals surface area contributed by atoms with Gasteiger partial charge in [0.25, 0.3) is 5.69 Å². The lowest BCUT2D eigenvalue weighted by Gasteiger charge is -2.10. The quantitative estimate of drug-likeness (QED) is 0.469. The largest absolute Gasteiger partial charge is 0.480 e. The van der Waals surface area contributed by atoms with Crippen LogP contribution in [0.3, 0.4) is 0 Å². The van der Waals surface area contributed by atoms with E-state index in [2.05, 4.69) is 5.32 Å². The predicted molar refractivity (Wildman–Crippen MR) is 64.2 cm³/mol. The third-order valence-electron chi connectivity index (χ3n) is 3.22. The highest BCUT2D eigenvalue weighted by molar-refractivity contribution is 6.04. The molecule has 2 N–H and O–H groups in total. The molecule has 0 saturated heterocycles. The minimum absolute atomic E-state index is 0.0506. The van der Waals surface area contributed by atoms with E-state index in [1.165, 1.54) is 18.2 Å². The van der Waals surface area contributed by atoms with Gasteiger partial charge in [-0.05, 0) is 12.8 Å². The first-order valence-electron chi connectivity index (χ1n) is 5.71. The first-order chi connectivity index (χ1) is 8.97. The maximum Gasteiger partial charge on any atom is 0.319 e. The number of nitrogens with zero attached hydrogens (tertiary/aromatic N) is 1. The van der Waals surface area contributed by atoms with Gasteiger partial charge in [0.05, 0.1) is 4.92 Å². The second-order valence-electron chi connectivity index (χ2n) is 4.46. The number of para-hydroxylation sites is 1. The molecule has 0 aliphatic heterocycles. The van der Waals surface area contributed by atoms with Crippen LogP contribution in [0.4, 0.5) is 5.69 Å². The highest BCUT2D eigenvalue weighted by Crippen LogP contribution is 2.46. The zero-order valence-corrected chi connectivity index (χ0v) is 9.96. The van der Waals surface area contributed by atoms with Crippen LogP contribution in [0.25, 0.3) is 0 Å². The summed E-state index contributed by atoms with van der Waals surface area (Å²) in [6.45, 7) is -0.0506. The van der Waals surface area contributed by atoms with Crippen LogP contribution in [0.15, 0.2) is 24.3 Å². The molecule has 0 radical (unpaired) electrons. The summed E-state index contributed by atoms with van der Waals surface area (Å²) >= 11 is 0. The van der Waals surface area contributed by atoms with Crippen molar-refractivity contribution in [2.45, 2.75) is 19.4 Å². The zero-order valence-electron chi connectivity index (χ0n) is 9.96. The minimum atomic E-state index is -1.33. The van der Waals surface area contributed by atoms with Crippen molar-refractivity contribution in [2.24, 2.45) is 5.41 Å². The van der Waals surface area contributed by atoms with E-state index in [1.807, 2.05) is 0 Å². The van der Waals surface area contributed by atoms with Crippen LogP contribution in [-0.4, -0.2) is 21.9 Å². The van der Waals surface area contributed by atoms with E-state index in [9.17, 15) is 19.7 Å². The topological polar surface area (TPSA) is 110 Å². The maximum absolute atomic E-state index is 11.8. The van der Waals surface area contributed by atoms with Crippen LogP contribution in [-0.2, 0) is 16.1 Å². The fraction of sp³-hybridized carbons (Fsp3) is 0.333. The smallest absolute Gasteiger partial charge is 0.319 e. The van der Waals surface area contributed by atoms with Crippen molar-refractivity contribution >= 4 is 17.6 Å². The standard InChI is InChI=1S/C12H12N2O5/c15-10(12(5-6-12)11(16)17)13-7-8-3-1-2-4-9(8)14(18)19/h1-4H,5-7H2,(H,13,15)(H,16,17). The molecule has 2 rings (SSSR count).